The second kappa shape index (κ2) is 7.53. The Balaban J connectivity index is 2.57. The van der Waals surface area contributed by atoms with E-state index in [2.05, 4.69) is 5.32 Å². The number of carbonyl (C=O) groups excluding carboxylic acids is 1. The molecule has 1 aromatic carbocycles. The third-order valence-electron chi connectivity index (χ3n) is 3.06. The fourth-order valence-corrected chi connectivity index (χ4v) is 1.56. The first kappa shape index (κ1) is 16.0. The minimum Gasteiger partial charge on any atom is -0.483 e. The molecule has 0 heterocycles. The first-order chi connectivity index (χ1) is 9.40. The number of hydrogen-bond acceptors (Lipinski definition) is 3. The highest BCUT2D eigenvalue weighted by molar-refractivity contribution is 5.78. The van der Waals surface area contributed by atoms with E-state index < -0.39 is 5.97 Å². The van der Waals surface area contributed by atoms with Gasteiger partial charge in [-0.2, -0.15) is 0 Å². The van der Waals surface area contributed by atoms with Gasteiger partial charge in [-0.05, 0) is 18.9 Å². The maximum absolute atomic E-state index is 11.7. The summed E-state index contributed by atoms with van der Waals surface area (Å²) in [5.74, 6) is -0.365. The van der Waals surface area contributed by atoms with E-state index in [0.717, 1.165) is 0 Å². The molecule has 0 spiro atoms. The van der Waals surface area contributed by atoms with Crippen LogP contribution in [0, 0.1) is 5.92 Å². The molecule has 0 aliphatic carbocycles. The van der Waals surface area contributed by atoms with Gasteiger partial charge in [0.05, 0.1) is 6.42 Å². The van der Waals surface area contributed by atoms with Gasteiger partial charge in [-0.25, -0.2) is 0 Å². The lowest BCUT2D eigenvalue weighted by Crippen LogP contribution is -2.39. The van der Waals surface area contributed by atoms with Gasteiger partial charge in [-0.3, -0.25) is 9.59 Å². The number of rotatable bonds is 7. The standard InChI is InChI=1S/C15H21NO4/c1-10(2)11(3)16-14(17)9-20-13-7-5-4-6-12(13)8-15(18)19/h4-7,10-11H,8-9H2,1-3H3,(H,16,17)(H,18,19). The van der Waals surface area contributed by atoms with Crippen molar-refractivity contribution < 1.29 is 19.4 Å². The van der Waals surface area contributed by atoms with E-state index in [0.29, 0.717) is 17.2 Å². The SMILES string of the molecule is CC(C)C(C)NC(=O)COc1ccccc1CC(=O)O. The predicted molar refractivity (Wildman–Crippen MR) is 75.7 cm³/mol. The molecule has 0 aliphatic heterocycles. The molecule has 0 saturated heterocycles. The van der Waals surface area contributed by atoms with Crippen LogP contribution in [0.3, 0.4) is 0 Å². The van der Waals surface area contributed by atoms with Crippen LogP contribution in [0.1, 0.15) is 26.3 Å². The van der Waals surface area contributed by atoms with Crippen molar-refractivity contribution in [1.29, 1.82) is 0 Å². The summed E-state index contributed by atoms with van der Waals surface area (Å²) >= 11 is 0. The number of para-hydroxylation sites is 1. The van der Waals surface area contributed by atoms with Crippen molar-refractivity contribution in [3.63, 3.8) is 0 Å². The van der Waals surface area contributed by atoms with Gasteiger partial charge in [0, 0.05) is 11.6 Å². The molecule has 1 aromatic rings. The average Bonchev–Trinajstić information content (AvgIpc) is 2.36. The van der Waals surface area contributed by atoms with Gasteiger partial charge in [0.2, 0.25) is 0 Å². The molecule has 5 heteroatoms. The smallest absolute Gasteiger partial charge is 0.307 e. The lowest BCUT2D eigenvalue weighted by molar-refractivity contribution is -0.136. The highest BCUT2D eigenvalue weighted by Gasteiger charge is 2.12. The predicted octanol–water partition coefficient (Wildman–Crippen LogP) is 1.85. The van der Waals surface area contributed by atoms with Crippen molar-refractivity contribution in [3.8, 4) is 5.75 Å². The number of carbonyl (C=O) groups is 2. The third-order valence-corrected chi connectivity index (χ3v) is 3.06. The maximum atomic E-state index is 11.7. The van der Waals surface area contributed by atoms with Crippen LogP contribution in [0.25, 0.3) is 0 Å². The maximum Gasteiger partial charge on any atom is 0.307 e. The molecule has 0 aromatic heterocycles. The number of aliphatic carboxylic acids is 1. The summed E-state index contributed by atoms with van der Waals surface area (Å²) in [7, 11) is 0. The van der Waals surface area contributed by atoms with Crippen LogP contribution in [0.5, 0.6) is 5.75 Å². The van der Waals surface area contributed by atoms with Crippen LogP contribution in [-0.2, 0) is 16.0 Å². The van der Waals surface area contributed by atoms with Gasteiger partial charge in [-0.1, -0.05) is 32.0 Å². The molecule has 1 unspecified atom stereocenters. The van der Waals surface area contributed by atoms with Crippen molar-refractivity contribution in [2.45, 2.75) is 33.2 Å². The van der Waals surface area contributed by atoms with Crippen molar-refractivity contribution in [2.75, 3.05) is 6.61 Å². The van der Waals surface area contributed by atoms with Crippen LogP contribution in [0.4, 0.5) is 0 Å². The zero-order valence-electron chi connectivity index (χ0n) is 12.1. The van der Waals surface area contributed by atoms with Crippen molar-refractivity contribution in [2.24, 2.45) is 5.92 Å². The number of carboxylic acids is 1. The van der Waals surface area contributed by atoms with Crippen LogP contribution in [0.15, 0.2) is 24.3 Å². The zero-order chi connectivity index (χ0) is 15.1. The summed E-state index contributed by atoms with van der Waals surface area (Å²) in [6.45, 7) is 5.86. The van der Waals surface area contributed by atoms with Crippen molar-refractivity contribution >= 4 is 11.9 Å². The summed E-state index contributed by atoms with van der Waals surface area (Å²) in [4.78, 5) is 22.5. The van der Waals surface area contributed by atoms with Crippen LogP contribution >= 0.6 is 0 Å². The minimum absolute atomic E-state index is 0.0698. The fraction of sp³-hybridized carbons (Fsp3) is 0.467. The number of amides is 1. The molecule has 0 saturated carbocycles. The number of carboxylic acid groups (broad SMARTS) is 1. The molecule has 110 valence electrons. The van der Waals surface area contributed by atoms with Crippen molar-refractivity contribution in [3.05, 3.63) is 29.8 Å². The highest BCUT2D eigenvalue weighted by atomic mass is 16.5. The lowest BCUT2D eigenvalue weighted by atomic mass is 10.1. The lowest BCUT2D eigenvalue weighted by Gasteiger charge is -2.18. The Morgan fingerprint density at radius 3 is 2.50 bits per heavy atom. The second-order valence-electron chi connectivity index (χ2n) is 5.07. The zero-order valence-corrected chi connectivity index (χ0v) is 12.1. The Morgan fingerprint density at radius 2 is 1.90 bits per heavy atom. The number of nitrogens with one attached hydrogen (secondary N) is 1. The van der Waals surface area contributed by atoms with Crippen molar-refractivity contribution in [1.82, 2.24) is 5.32 Å². The Labute approximate surface area is 118 Å². The molecule has 0 bridgehead atoms. The molecule has 1 rings (SSSR count). The van der Waals surface area contributed by atoms with E-state index in [1.807, 2.05) is 20.8 Å². The van der Waals surface area contributed by atoms with E-state index >= 15 is 0 Å². The average molecular weight is 279 g/mol. The molecule has 1 atom stereocenters. The molecule has 0 fully saturated rings. The molecular weight excluding hydrogens is 258 g/mol. The summed E-state index contributed by atoms with van der Waals surface area (Å²) in [6.07, 6.45) is -0.125. The first-order valence-electron chi connectivity index (χ1n) is 6.62. The van der Waals surface area contributed by atoms with Gasteiger partial charge in [0.25, 0.3) is 5.91 Å². The van der Waals surface area contributed by atoms with Gasteiger partial charge < -0.3 is 15.2 Å². The Bertz CT molecular complexity index is 471. The second-order valence-corrected chi connectivity index (χ2v) is 5.07. The van der Waals surface area contributed by atoms with Gasteiger partial charge in [0.1, 0.15) is 5.75 Å². The highest BCUT2D eigenvalue weighted by Crippen LogP contribution is 2.18. The van der Waals surface area contributed by atoms with Gasteiger partial charge in [0.15, 0.2) is 6.61 Å². The quantitative estimate of drug-likeness (QED) is 0.798. The summed E-state index contributed by atoms with van der Waals surface area (Å²) in [5, 5.41) is 11.6. The van der Waals surface area contributed by atoms with E-state index in [1.54, 1.807) is 24.3 Å². The monoisotopic (exact) mass is 279 g/mol. The Kier molecular flexibility index (Phi) is 6.03. The normalized spacial score (nSPS) is 12.0. The van der Waals surface area contributed by atoms with Crippen LogP contribution < -0.4 is 10.1 Å². The number of ether oxygens (including phenoxy) is 1. The van der Waals surface area contributed by atoms with Gasteiger partial charge in [-0.15, -0.1) is 0 Å². The molecule has 0 radical (unpaired) electrons. The molecule has 20 heavy (non-hydrogen) atoms. The summed E-state index contributed by atoms with van der Waals surface area (Å²) < 4.78 is 5.41. The number of benzene rings is 1. The molecule has 2 N–H and O–H groups in total. The minimum atomic E-state index is -0.932. The van der Waals surface area contributed by atoms with Crippen LogP contribution in [-0.4, -0.2) is 29.6 Å². The van der Waals surface area contributed by atoms with E-state index in [4.69, 9.17) is 9.84 Å². The number of hydrogen-bond donors (Lipinski definition) is 2. The Hall–Kier alpha value is -2.04. The first-order valence-corrected chi connectivity index (χ1v) is 6.62. The fourth-order valence-electron chi connectivity index (χ4n) is 1.56. The third kappa shape index (κ3) is 5.30. The molecule has 0 aliphatic rings. The summed E-state index contributed by atoms with van der Waals surface area (Å²) in [5.41, 5.74) is 0.560. The van der Waals surface area contributed by atoms with E-state index in [9.17, 15) is 9.59 Å². The topological polar surface area (TPSA) is 75.6 Å². The van der Waals surface area contributed by atoms with E-state index in [-0.39, 0.29) is 25.0 Å². The van der Waals surface area contributed by atoms with Gasteiger partial charge >= 0.3 is 5.97 Å². The molecular formula is C15H21NO4. The van der Waals surface area contributed by atoms with Crippen LogP contribution in [0.2, 0.25) is 0 Å². The molecule has 1 amide bonds. The van der Waals surface area contributed by atoms with E-state index in [1.165, 1.54) is 0 Å². The molecule has 5 nitrogen and oxygen atoms in total. The largest absolute Gasteiger partial charge is 0.483 e. The summed E-state index contributed by atoms with van der Waals surface area (Å²) in [6, 6.07) is 6.90. The Morgan fingerprint density at radius 1 is 1.25 bits per heavy atom.